The summed E-state index contributed by atoms with van der Waals surface area (Å²) >= 11 is 3.41. The standard InChI is InChI=1S/C13H17BrO2/c1-10(5-4-6-14)11-7-12(15-2)9-13(8-11)16-3/h5,7-9H,4,6H2,1-3H3. The third kappa shape index (κ3) is 3.56. The van der Waals surface area contributed by atoms with Crippen LogP contribution in [0.2, 0.25) is 0 Å². The predicted octanol–water partition coefficient (Wildman–Crippen LogP) is 3.89. The van der Waals surface area contributed by atoms with Gasteiger partial charge >= 0.3 is 0 Å². The Kier molecular flexibility index (Phi) is 5.39. The van der Waals surface area contributed by atoms with Crippen LogP contribution < -0.4 is 9.47 Å². The third-order valence-corrected chi connectivity index (χ3v) is 2.82. The lowest BCUT2D eigenvalue weighted by Gasteiger charge is -2.08. The van der Waals surface area contributed by atoms with Gasteiger partial charge in [-0.15, -0.1) is 0 Å². The van der Waals surface area contributed by atoms with E-state index >= 15 is 0 Å². The molecule has 3 heteroatoms. The Morgan fingerprint density at radius 2 is 1.75 bits per heavy atom. The highest BCUT2D eigenvalue weighted by Crippen LogP contribution is 2.27. The highest BCUT2D eigenvalue weighted by Gasteiger charge is 2.02. The Morgan fingerprint density at radius 1 is 1.19 bits per heavy atom. The fourth-order valence-corrected chi connectivity index (χ4v) is 1.65. The highest BCUT2D eigenvalue weighted by molar-refractivity contribution is 9.09. The van der Waals surface area contributed by atoms with Gasteiger partial charge in [0.15, 0.2) is 0 Å². The molecule has 0 aliphatic heterocycles. The lowest BCUT2D eigenvalue weighted by molar-refractivity contribution is 0.394. The van der Waals surface area contributed by atoms with Gasteiger partial charge in [0.2, 0.25) is 0 Å². The molecule has 16 heavy (non-hydrogen) atoms. The van der Waals surface area contributed by atoms with E-state index in [0.29, 0.717) is 0 Å². The topological polar surface area (TPSA) is 18.5 Å². The summed E-state index contributed by atoms with van der Waals surface area (Å²) in [5.41, 5.74) is 2.37. The van der Waals surface area contributed by atoms with Crippen LogP contribution in [0.4, 0.5) is 0 Å². The average molecular weight is 285 g/mol. The van der Waals surface area contributed by atoms with E-state index in [1.807, 2.05) is 18.2 Å². The van der Waals surface area contributed by atoms with E-state index in [1.165, 1.54) is 5.57 Å². The number of rotatable bonds is 5. The first-order chi connectivity index (χ1) is 7.71. The van der Waals surface area contributed by atoms with E-state index in [0.717, 1.165) is 28.8 Å². The molecule has 1 aromatic rings. The molecule has 0 saturated carbocycles. The first kappa shape index (κ1) is 13.1. The zero-order valence-electron chi connectivity index (χ0n) is 9.92. The van der Waals surface area contributed by atoms with Crippen LogP contribution >= 0.6 is 15.9 Å². The first-order valence-corrected chi connectivity index (χ1v) is 6.29. The summed E-state index contributed by atoms with van der Waals surface area (Å²) in [7, 11) is 3.33. The number of hydrogen-bond donors (Lipinski definition) is 0. The lowest BCUT2D eigenvalue weighted by atomic mass is 10.1. The molecule has 0 aromatic heterocycles. The van der Waals surface area contributed by atoms with E-state index in [1.54, 1.807) is 14.2 Å². The normalized spacial score (nSPS) is 11.4. The molecule has 0 fully saturated rings. The maximum absolute atomic E-state index is 5.24. The van der Waals surface area contributed by atoms with Crippen molar-refractivity contribution in [1.82, 2.24) is 0 Å². The van der Waals surface area contributed by atoms with Crippen LogP contribution in [0.15, 0.2) is 24.3 Å². The minimum absolute atomic E-state index is 0.820. The van der Waals surface area contributed by atoms with Gasteiger partial charge in [0.1, 0.15) is 11.5 Å². The summed E-state index contributed by atoms with van der Waals surface area (Å²) in [6.07, 6.45) is 3.22. The van der Waals surface area contributed by atoms with Crippen molar-refractivity contribution in [2.45, 2.75) is 13.3 Å². The molecule has 0 radical (unpaired) electrons. The summed E-state index contributed by atoms with van der Waals surface area (Å²) < 4.78 is 10.5. The van der Waals surface area contributed by atoms with Gasteiger partial charge in [0, 0.05) is 11.4 Å². The molecule has 1 aromatic carbocycles. The molecule has 0 aliphatic carbocycles. The van der Waals surface area contributed by atoms with Crippen molar-refractivity contribution < 1.29 is 9.47 Å². The van der Waals surface area contributed by atoms with Crippen molar-refractivity contribution in [3.8, 4) is 11.5 Å². The molecular weight excluding hydrogens is 268 g/mol. The average Bonchev–Trinajstić information content (AvgIpc) is 2.35. The molecule has 2 nitrogen and oxygen atoms in total. The van der Waals surface area contributed by atoms with Crippen LogP contribution in [0.1, 0.15) is 18.9 Å². The third-order valence-electron chi connectivity index (χ3n) is 2.37. The Bertz CT molecular complexity index is 350. The largest absolute Gasteiger partial charge is 0.497 e. The molecule has 0 heterocycles. The SMILES string of the molecule is COc1cc(OC)cc(C(C)=CCCBr)c1. The molecule has 0 unspecified atom stereocenters. The van der Waals surface area contributed by atoms with Crippen molar-refractivity contribution in [1.29, 1.82) is 0 Å². The van der Waals surface area contributed by atoms with Gasteiger partial charge in [-0.05, 0) is 36.6 Å². The second-order valence-corrected chi connectivity index (χ2v) is 4.26. The van der Waals surface area contributed by atoms with Gasteiger partial charge in [-0.25, -0.2) is 0 Å². The molecular formula is C13H17BrO2. The number of halogens is 1. The Balaban J connectivity index is 3.02. The zero-order valence-corrected chi connectivity index (χ0v) is 11.5. The summed E-state index contributed by atoms with van der Waals surface area (Å²) in [5, 5.41) is 0.978. The van der Waals surface area contributed by atoms with E-state index < -0.39 is 0 Å². The quantitative estimate of drug-likeness (QED) is 0.764. The monoisotopic (exact) mass is 284 g/mol. The maximum Gasteiger partial charge on any atom is 0.123 e. The number of ether oxygens (including phenoxy) is 2. The van der Waals surface area contributed by atoms with Crippen molar-refractivity contribution in [3.05, 3.63) is 29.8 Å². The highest BCUT2D eigenvalue weighted by atomic mass is 79.9. The smallest absolute Gasteiger partial charge is 0.123 e. The van der Waals surface area contributed by atoms with Gasteiger partial charge in [0.05, 0.1) is 14.2 Å². The Hall–Kier alpha value is -0.960. The van der Waals surface area contributed by atoms with Crippen molar-refractivity contribution in [3.63, 3.8) is 0 Å². The Morgan fingerprint density at radius 3 is 2.19 bits per heavy atom. The number of alkyl halides is 1. The van der Waals surface area contributed by atoms with E-state index in [4.69, 9.17) is 9.47 Å². The summed E-state index contributed by atoms with van der Waals surface area (Å²) in [4.78, 5) is 0. The Labute approximate surface area is 105 Å². The number of hydrogen-bond acceptors (Lipinski definition) is 2. The molecule has 1 rings (SSSR count). The van der Waals surface area contributed by atoms with Crippen molar-refractivity contribution in [2.24, 2.45) is 0 Å². The second-order valence-electron chi connectivity index (χ2n) is 3.47. The summed E-state index contributed by atoms with van der Waals surface area (Å²) in [6, 6.07) is 5.91. The molecule has 0 aliphatic rings. The molecule has 0 atom stereocenters. The fourth-order valence-electron chi connectivity index (χ4n) is 1.42. The van der Waals surface area contributed by atoms with Gasteiger partial charge in [0.25, 0.3) is 0 Å². The zero-order chi connectivity index (χ0) is 12.0. The minimum Gasteiger partial charge on any atom is -0.497 e. The van der Waals surface area contributed by atoms with E-state index in [9.17, 15) is 0 Å². The molecule has 0 amide bonds. The van der Waals surface area contributed by atoms with Gasteiger partial charge in [-0.2, -0.15) is 0 Å². The van der Waals surface area contributed by atoms with Gasteiger partial charge in [-0.3, -0.25) is 0 Å². The van der Waals surface area contributed by atoms with Crippen LogP contribution in [0.3, 0.4) is 0 Å². The summed E-state index contributed by atoms with van der Waals surface area (Å²) in [6.45, 7) is 2.09. The molecule has 0 N–H and O–H groups in total. The van der Waals surface area contributed by atoms with Crippen molar-refractivity contribution in [2.75, 3.05) is 19.5 Å². The molecule has 0 bridgehead atoms. The summed E-state index contributed by atoms with van der Waals surface area (Å²) in [5.74, 6) is 1.64. The first-order valence-electron chi connectivity index (χ1n) is 5.17. The fraction of sp³-hybridized carbons (Fsp3) is 0.385. The number of methoxy groups -OCH3 is 2. The number of allylic oxidation sites excluding steroid dienone is 2. The van der Waals surface area contributed by atoms with Gasteiger partial charge < -0.3 is 9.47 Å². The number of benzene rings is 1. The second kappa shape index (κ2) is 6.59. The molecule has 88 valence electrons. The lowest BCUT2D eigenvalue weighted by Crippen LogP contribution is -1.90. The van der Waals surface area contributed by atoms with E-state index in [-0.39, 0.29) is 0 Å². The molecule has 0 spiro atoms. The maximum atomic E-state index is 5.24. The van der Waals surface area contributed by atoms with Crippen LogP contribution in [0.5, 0.6) is 11.5 Å². The van der Waals surface area contributed by atoms with Crippen LogP contribution in [0, 0.1) is 0 Å². The predicted molar refractivity (Wildman–Crippen MR) is 71.6 cm³/mol. The van der Waals surface area contributed by atoms with Crippen LogP contribution in [-0.4, -0.2) is 19.5 Å². The minimum atomic E-state index is 0.820. The van der Waals surface area contributed by atoms with Gasteiger partial charge in [-0.1, -0.05) is 22.0 Å². The van der Waals surface area contributed by atoms with E-state index in [2.05, 4.69) is 28.9 Å². The van der Waals surface area contributed by atoms with Crippen LogP contribution in [-0.2, 0) is 0 Å². The van der Waals surface area contributed by atoms with Crippen LogP contribution in [0.25, 0.3) is 5.57 Å². The molecule has 0 saturated heterocycles. The van der Waals surface area contributed by atoms with Crippen molar-refractivity contribution >= 4 is 21.5 Å².